The molecule has 6 heterocycles. The molecule has 6 rings (SSSR count). The summed E-state index contributed by atoms with van der Waals surface area (Å²) >= 11 is 0. The molecule has 4 aliphatic rings. The molecule has 440 valence electrons. The summed E-state index contributed by atoms with van der Waals surface area (Å²) in [5, 5.41) is 27.4. The highest BCUT2D eigenvalue weighted by atomic mass is 19.1. The summed E-state index contributed by atoms with van der Waals surface area (Å²) in [6, 6.07) is 0.684. The number of nitrogens with zero attached hydrogens (tertiary/aromatic N) is 3. The van der Waals surface area contributed by atoms with E-state index in [0.717, 1.165) is 6.07 Å². The Balaban J connectivity index is 1.19. The molecule has 0 radical (unpaired) electrons. The Kier molecular flexibility index (Phi) is 20.9. The van der Waals surface area contributed by atoms with Crippen LogP contribution < -0.4 is 16.1 Å². The molecule has 4 aliphatic heterocycles. The number of pyridine rings is 2. The Hall–Kier alpha value is -4.43. The number of carbonyl (C=O) groups excluding carboxylic acids is 3. The van der Waals surface area contributed by atoms with E-state index in [1.165, 1.54) is 17.9 Å². The molecule has 23 heteroatoms. The SMILES string of the molecule is CC[C@@H]1OC(=O)[C@H](C)[C@H](O[C@@H]2C[C@](C)(OC)[C@H](OCCCNCCNc3nc4c(cc3F)c(=O)c(C(=O)O)cn4CC)[C@H](C)O2)[C@@H](C)[C@H](O[C@H]2O[C@@H](C)C[C@@H](N(C)C)[C@H]2O)[C@](C)(OC)C[C@H](C)C(=O)[C@@H](C)[C@H]2OC(=O)O[C@@]12C. The van der Waals surface area contributed by atoms with Crippen molar-refractivity contribution in [1.82, 2.24) is 19.8 Å². The maximum Gasteiger partial charge on any atom is 0.509 e. The fraction of sp³-hybridized carbons (Fsp3) is 0.782. The van der Waals surface area contributed by atoms with Gasteiger partial charge >= 0.3 is 18.1 Å². The van der Waals surface area contributed by atoms with Gasteiger partial charge in [0.15, 0.2) is 35.9 Å². The number of rotatable bonds is 19. The van der Waals surface area contributed by atoms with Crippen LogP contribution in [-0.4, -0.2) is 187 Å². The van der Waals surface area contributed by atoms with E-state index in [9.17, 15) is 34.2 Å². The second kappa shape index (κ2) is 26.0. The van der Waals surface area contributed by atoms with Crippen molar-refractivity contribution in [1.29, 1.82) is 0 Å². The lowest BCUT2D eigenvalue weighted by atomic mass is 9.74. The summed E-state index contributed by atoms with van der Waals surface area (Å²) in [7, 11) is 6.86. The van der Waals surface area contributed by atoms with Crippen LogP contribution in [0.2, 0.25) is 0 Å². The lowest BCUT2D eigenvalue weighted by Gasteiger charge is -2.50. The predicted octanol–water partition coefficient (Wildman–Crippen LogP) is 5.31. The molecular weight excluding hydrogens is 1020 g/mol. The van der Waals surface area contributed by atoms with E-state index in [2.05, 4.69) is 15.6 Å². The van der Waals surface area contributed by atoms with E-state index in [4.69, 9.17) is 47.4 Å². The predicted molar refractivity (Wildman–Crippen MR) is 282 cm³/mol. The highest BCUT2D eigenvalue weighted by Crippen LogP contribution is 2.44. The van der Waals surface area contributed by atoms with Crippen LogP contribution in [0.3, 0.4) is 0 Å². The van der Waals surface area contributed by atoms with Crippen LogP contribution in [0.25, 0.3) is 11.0 Å². The van der Waals surface area contributed by atoms with Gasteiger partial charge in [-0.15, -0.1) is 0 Å². The lowest BCUT2D eigenvalue weighted by molar-refractivity contribution is -0.322. The average Bonchev–Trinajstić information content (AvgIpc) is 3.78. The number of aliphatic hydroxyl groups excluding tert-OH is 1. The maximum atomic E-state index is 15.1. The topological polar surface area (TPSA) is 263 Å². The number of aromatic nitrogens is 2. The molecule has 2 aromatic rings. The smallest absolute Gasteiger partial charge is 0.477 e. The molecule has 0 aliphatic carbocycles. The van der Waals surface area contributed by atoms with Gasteiger partial charge in [0, 0.05) is 71.0 Å². The fourth-order valence-electron chi connectivity index (χ4n) is 12.1. The molecule has 78 heavy (non-hydrogen) atoms. The Bertz CT molecular complexity index is 2490. The molecule has 4 N–H and O–H groups in total. The van der Waals surface area contributed by atoms with Gasteiger partial charge in [0.25, 0.3) is 0 Å². The number of esters is 1. The standard InChI is InChI=1S/C55H86FN5O17/c1-16-38-55(11)45(77-52(68)78-55)30(5)40(62)28(3)25-53(9,69-14)44(76-51-42(64)37(60(12)13)23-29(4)72-51)31(6)43(32(7)50(67)74-38)75-39-26-54(10,70-15)46(33(8)73-39)71-22-18-19-57-20-21-58-47-36(56)24-34-41(63)35(49(65)66)27-61(17-2)48(34)59-47/h24,27-33,37-39,42-46,51,57,64H,16-23,25-26H2,1-15H3,(H,58,59)(H,65,66)/t28-,29-,30+,31+,32+,33-,37+,38-,39+,42+,43+,44-,45+,46+,51+,53+,54-,55-/m0/s1. The number of ketones is 1. The van der Waals surface area contributed by atoms with E-state index in [1.807, 2.05) is 53.6 Å². The molecule has 0 spiro atoms. The van der Waals surface area contributed by atoms with Crippen LogP contribution in [0.15, 0.2) is 17.1 Å². The van der Waals surface area contributed by atoms with E-state index in [1.54, 1.807) is 48.7 Å². The summed E-state index contributed by atoms with van der Waals surface area (Å²) in [6.07, 6.45) is -7.01. The third-order valence-electron chi connectivity index (χ3n) is 16.7. The number of hydrogen-bond acceptors (Lipinski definition) is 20. The molecule has 0 aromatic carbocycles. The number of cyclic esters (lactones) is 1. The summed E-state index contributed by atoms with van der Waals surface area (Å²) in [5.41, 5.74) is -4.87. The van der Waals surface area contributed by atoms with Gasteiger partial charge in [-0.05, 0) is 101 Å². The van der Waals surface area contributed by atoms with Crippen molar-refractivity contribution >= 4 is 40.7 Å². The zero-order chi connectivity index (χ0) is 57.8. The largest absolute Gasteiger partial charge is 0.509 e. The minimum absolute atomic E-state index is 0.0675. The number of carbonyl (C=O) groups is 4. The number of hydrogen-bond donors (Lipinski definition) is 4. The van der Waals surface area contributed by atoms with Gasteiger partial charge in [0.05, 0.1) is 52.8 Å². The highest BCUT2D eigenvalue weighted by Gasteiger charge is 2.60. The summed E-state index contributed by atoms with van der Waals surface area (Å²) in [4.78, 5) is 72.8. The van der Waals surface area contributed by atoms with Crippen LogP contribution in [0.5, 0.6) is 0 Å². The number of carboxylic acid groups (broad SMARTS) is 1. The maximum absolute atomic E-state index is 15.1. The minimum Gasteiger partial charge on any atom is -0.477 e. The molecule has 0 bridgehead atoms. The first kappa shape index (κ1) is 62.8. The Morgan fingerprint density at radius 1 is 0.923 bits per heavy atom. The second-order valence-electron chi connectivity index (χ2n) is 22.6. The molecule has 0 saturated carbocycles. The van der Waals surface area contributed by atoms with Crippen molar-refractivity contribution in [2.45, 2.75) is 199 Å². The number of carboxylic acids is 1. The number of aryl methyl sites for hydroxylation is 1. The van der Waals surface area contributed by atoms with Crippen LogP contribution >= 0.6 is 0 Å². The van der Waals surface area contributed by atoms with Crippen LogP contribution in [0.4, 0.5) is 15.0 Å². The van der Waals surface area contributed by atoms with Crippen molar-refractivity contribution < 1.29 is 81.2 Å². The third kappa shape index (κ3) is 13.3. The van der Waals surface area contributed by atoms with Crippen LogP contribution in [-0.2, 0) is 63.5 Å². The third-order valence-corrected chi connectivity index (χ3v) is 16.7. The normalized spacial score (nSPS) is 37.1. The van der Waals surface area contributed by atoms with Gasteiger partial charge in [-0.2, -0.15) is 0 Å². The van der Waals surface area contributed by atoms with E-state index in [0.29, 0.717) is 39.1 Å². The number of methoxy groups -OCH3 is 2. The molecule has 22 nitrogen and oxygen atoms in total. The molecule has 4 fully saturated rings. The lowest BCUT2D eigenvalue weighted by Crippen LogP contribution is -2.61. The van der Waals surface area contributed by atoms with Gasteiger partial charge < -0.3 is 77.7 Å². The number of aromatic carboxylic acids is 1. The van der Waals surface area contributed by atoms with Gasteiger partial charge in [-0.3, -0.25) is 14.4 Å². The first-order valence-corrected chi connectivity index (χ1v) is 27.4. The number of ether oxygens (including phenoxy) is 10. The zero-order valence-corrected chi connectivity index (χ0v) is 48.1. The van der Waals surface area contributed by atoms with Gasteiger partial charge in [-0.25, -0.2) is 19.0 Å². The molecular formula is C55H86FN5O17. The number of Topliss-reactive ketones (excluding diaryl/α,β-unsaturated/α-hetero) is 1. The Morgan fingerprint density at radius 2 is 1.60 bits per heavy atom. The van der Waals surface area contributed by atoms with Gasteiger partial charge in [-0.1, -0.05) is 27.7 Å². The van der Waals surface area contributed by atoms with Crippen LogP contribution in [0, 0.1) is 29.5 Å². The van der Waals surface area contributed by atoms with Crippen molar-refractivity contribution in [2.75, 3.05) is 59.9 Å². The molecule has 2 aromatic heterocycles. The summed E-state index contributed by atoms with van der Waals surface area (Å²) in [6.45, 7) is 21.6. The number of nitrogens with one attached hydrogen (secondary N) is 2. The van der Waals surface area contributed by atoms with Crippen molar-refractivity contribution in [3.05, 3.63) is 33.9 Å². The Morgan fingerprint density at radius 3 is 2.23 bits per heavy atom. The molecule has 4 saturated heterocycles. The fourth-order valence-corrected chi connectivity index (χ4v) is 12.1. The quantitative estimate of drug-likeness (QED) is 0.103. The second-order valence-corrected chi connectivity index (χ2v) is 22.6. The molecule has 0 unspecified atom stereocenters. The minimum atomic E-state index is -1.52. The number of fused-ring (bicyclic) bond motifs is 2. The number of halogens is 1. The van der Waals surface area contributed by atoms with E-state index in [-0.39, 0.29) is 60.6 Å². The Labute approximate surface area is 456 Å². The zero-order valence-electron chi connectivity index (χ0n) is 48.1. The first-order valence-electron chi connectivity index (χ1n) is 27.4. The molecule has 0 amide bonds. The summed E-state index contributed by atoms with van der Waals surface area (Å²) < 4.78 is 80.5. The van der Waals surface area contributed by atoms with Crippen molar-refractivity contribution in [3.8, 4) is 0 Å². The van der Waals surface area contributed by atoms with E-state index < -0.39 is 131 Å². The number of aliphatic hydroxyl groups is 1. The monoisotopic (exact) mass is 1110 g/mol. The van der Waals surface area contributed by atoms with Crippen LogP contribution in [0.1, 0.15) is 119 Å². The first-order chi connectivity index (χ1) is 36.7. The highest BCUT2D eigenvalue weighted by molar-refractivity contribution is 5.92. The van der Waals surface area contributed by atoms with E-state index >= 15 is 4.39 Å². The van der Waals surface area contributed by atoms with Gasteiger partial charge in [0.2, 0.25) is 5.43 Å². The van der Waals surface area contributed by atoms with Gasteiger partial charge in [0.1, 0.15) is 35.3 Å². The number of anilines is 1. The van der Waals surface area contributed by atoms with Crippen molar-refractivity contribution in [3.63, 3.8) is 0 Å². The average molecular weight is 1110 g/mol. The van der Waals surface area contributed by atoms with Crippen molar-refractivity contribution in [2.24, 2.45) is 23.7 Å². The summed E-state index contributed by atoms with van der Waals surface area (Å²) in [5.74, 6) is -6.52. The molecule has 18 atom stereocenters. The number of likely N-dealkylation sites (N-methyl/N-ethyl adjacent to an activating group) is 1.